The Morgan fingerprint density at radius 3 is 2.26 bits per heavy atom. The molecule has 1 unspecified atom stereocenters. The molecule has 0 bridgehead atoms. The third-order valence-corrected chi connectivity index (χ3v) is 5.85. The first-order valence-corrected chi connectivity index (χ1v) is 10.6. The van der Waals surface area contributed by atoms with Gasteiger partial charge in [0, 0.05) is 17.2 Å². The lowest BCUT2D eigenvalue weighted by Gasteiger charge is -2.20. The highest BCUT2D eigenvalue weighted by atomic mass is 32.2. The van der Waals surface area contributed by atoms with Gasteiger partial charge in [0.1, 0.15) is 5.82 Å². The van der Waals surface area contributed by atoms with Crippen molar-refractivity contribution in [2.75, 3.05) is 12.9 Å². The van der Waals surface area contributed by atoms with E-state index in [1.54, 1.807) is 18.7 Å². The molecule has 2 nitrogen and oxygen atoms in total. The number of carbonyl (C=O) groups is 1. The molecule has 2 rings (SSSR count). The highest BCUT2D eigenvalue weighted by Crippen LogP contribution is 2.38. The number of halogens is 1. The molecule has 1 atom stereocenters. The van der Waals surface area contributed by atoms with Gasteiger partial charge in [0.05, 0.1) is 6.61 Å². The number of thioether (sulfide) groups is 1. The van der Waals surface area contributed by atoms with Gasteiger partial charge in [0.2, 0.25) is 0 Å². The number of carbonyl (C=O) groups excluding carboxylic acids is 1. The first kappa shape index (κ1) is 21.5. The lowest BCUT2D eigenvalue weighted by Crippen LogP contribution is -2.07. The van der Waals surface area contributed by atoms with Gasteiger partial charge in [-0.05, 0) is 87.2 Å². The van der Waals surface area contributed by atoms with E-state index in [0.717, 1.165) is 11.1 Å². The van der Waals surface area contributed by atoms with Gasteiger partial charge < -0.3 is 4.74 Å². The molecule has 4 heteroatoms. The average molecular weight is 389 g/mol. The van der Waals surface area contributed by atoms with Crippen molar-refractivity contribution in [2.45, 2.75) is 52.7 Å². The van der Waals surface area contributed by atoms with Crippen LogP contribution in [0.2, 0.25) is 0 Å². The van der Waals surface area contributed by atoms with Gasteiger partial charge in [-0.25, -0.2) is 4.39 Å². The molecule has 0 heterocycles. The van der Waals surface area contributed by atoms with Crippen LogP contribution in [0.1, 0.15) is 52.8 Å². The summed E-state index contributed by atoms with van der Waals surface area (Å²) < 4.78 is 20.0. The summed E-state index contributed by atoms with van der Waals surface area (Å²) in [5.74, 6) is -0.403. The Kier molecular flexibility index (Phi) is 7.49. The Hall–Kier alpha value is -1.81. The van der Waals surface area contributed by atoms with Crippen molar-refractivity contribution >= 4 is 17.7 Å². The summed E-state index contributed by atoms with van der Waals surface area (Å²) in [5, 5.41) is -0.0842. The molecule has 0 spiro atoms. The fourth-order valence-corrected chi connectivity index (χ4v) is 4.47. The maximum atomic E-state index is 14.9. The molecule has 0 saturated heterocycles. The first-order chi connectivity index (χ1) is 12.8. The van der Waals surface area contributed by atoms with Gasteiger partial charge in [0.25, 0.3) is 0 Å². The van der Waals surface area contributed by atoms with Gasteiger partial charge in [-0.1, -0.05) is 17.7 Å². The molecule has 0 aromatic heterocycles. The molecule has 146 valence electrons. The van der Waals surface area contributed by atoms with Gasteiger partial charge in [-0.2, -0.15) is 11.8 Å². The summed E-state index contributed by atoms with van der Waals surface area (Å²) in [6.07, 6.45) is 2.82. The molecule has 0 radical (unpaired) electrons. The van der Waals surface area contributed by atoms with E-state index in [1.165, 1.54) is 16.7 Å². The van der Waals surface area contributed by atoms with Gasteiger partial charge in [0.15, 0.2) is 0 Å². The molecule has 0 N–H and O–H groups in total. The quantitative estimate of drug-likeness (QED) is 0.508. The molecular weight excluding hydrogens is 359 g/mol. The molecule has 2 aromatic carbocycles. The fraction of sp³-hybridized carbons (Fsp3) is 0.435. The Morgan fingerprint density at radius 2 is 1.70 bits per heavy atom. The molecule has 27 heavy (non-hydrogen) atoms. The molecule has 0 aliphatic carbocycles. The van der Waals surface area contributed by atoms with Crippen LogP contribution in [0.3, 0.4) is 0 Å². The molecule has 0 amide bonds. The molecule has 0 saturated carbocycles. The molecule has 0 aliphatic heterocycles. The van der Waals surface area contributed by atoms with Crippen molar-refractivity contribution in [1.29, 1.82) is 0 Å². The molecule has 0 aliphatic rings. The second-order valence-corrected chi connectivity index (χ2v) is 8.08. The Balaban J connectivity index is 2.45. The van der Waals surface area contributed by atoms with Crippen LogP contribution in [0.25, 0.3) is 11.1 Å². The van der Waals surface area contributed by atoms with E-state index in [2.05, 4.69) is 32.9 Å². The van der Waals surface area contributed by atoms with Gasteiger partial charge in [-0.15, -0.1) is 0 Å². The summed E-state index contributed by atoms with van der Waals surface area (Å²) in [6.45, 7) is 10.3. The van der Waals surface area contributed by atoms with Crippen molar-refractivity contribution in [3.05, 3.63) is 57.9 Å². The summed E-state index contributed by atoms with van der Waals surface area (Å²) in [6, 6.07) is 8.20. The zero-order chi connectivity index (χ0) is 20.1. The maximum Gasteiger partial charge on any atom is 0.305 e. The number of esters is 1. The lowest BCUT2D eigenvalue weighted by molar-refractivity contribution is -0.143. The maximum absolute atomic E-state index is 14.9. The third kappa shape index (κ3) is 5.13. The number of rotatable bonds is 7. The number of benzene rings is 2. The van der Waals surface area contributed by atoms with Crippen LogP contribution in [-0.2, 0) is 9.53 Å². The van der Waals surface area contributed by atoms with Crippen molar-refractivity contribution < 1.29 is 13.9 Å². The summed E-state index contributed by atoms with van der Waals surface area (Å²) in [4.78, 5) is 11.7. The van der Waals surface area contributed by atoms with E-state index in [9.17, 15) is 9.18 Å². The molecule has 0 fully saturated rings. The summed E-state index contributed by atoms with van der Waals surface area (Å²) in [7, 11) is 0. The number of hydrogen-bond donors (Lipinski definition) is 0. The molecular formula is C23H29FO2S. The normalized spacial score (nSPS) is 12.1. The van der Waals surface area contributed by atoms with Crippen molar-refractivity contribution in [3.63, 3.8) is 0 Å². The highest BCUT2D eigenvalue weighted by Gasteiger charge is 2.20. The Bertz CT molecular complexity index is 806. The standard InChI is InChI=1S/C23H29FO2S/c1-7-26-21(25)9-8-20(27-6)19-13-18(12-17(5)23(19)24)22-15(3)10-14(2)11-16(22)4/h10-13,20H,7-9H2,1-6H3. The zero-order valence-corrected chi connectivity index (χ0v) is 17.9. The molecule has 2 aromatic rings. The van der Waals surface area contributed by atoms with E-state index in [-0.39, 0.29) is 17.0 Å². The van der Waals surface area contributed by atoms with Gasteiger partial charge in [-0.3, -0.25) is 4.79 Å². The summed E-state index contributed by atoms with van der Waals surface area (Å²) in [5.41, 5.74) is 7.11. The second-order valence-electron chi connectivity index (χ2n) is 7.04. The van der Waals surface area contributed by atoms with Crippen molar-refractivity contribution in [3.8, 4) is 11.1 Å². The first-order valence-electron chi connectivity index (χ1n) is 9.35. The SMILES string of the molecule is CCOC(=O)CCC(SC)c1cc(-c2c(C)cc(C)cc2C)cc(C)c1F. The zero-order valence-electron chi connectivity index (χ0n) is 17.1. The highest BCUT2D eigenvalue weighted by molar-refractivity contribution is 7.98. The van der Waals surface area contributed by atoms with E-state index >= 15 is 0 Å². The van der Waals surface area contributed by atoms with Crippen molar-refractivity contribution in [1.82, 2.24) is 0 Å². The predicted octanol–water partition coefficient (Wildman–Crippen LogP) is 6.47. The Labute approximate surface area is 166 Å². The summed E-state index contributed by atoms with van der Waals surface area (Å²) >= 11 is 1.57. The lowest BCUT2D eigenvalue weighted by atomic mass is 9.90. The van der Waals surface area contributed by atoms with Crippen LogP contribution in [0.5, 0.6) is 0 Å². The fourth-order valence-electron chi connectivity index (χ4n) is 3.69. The van der Waals surface area contributed by atoms with E-state index in [4.69, 9.17) is 4.74 Å². The van der Waals surface area contributed by atoms with E-state index in [0.29, 0.717) is 30.6 Å². The third-order valence-electron chi connectivity index (χ3n) is 4.80. The van der Waals surface area contributed by atoms with E-state index < -0.39 is 0 Å². The topological polar surface area (TPSA) is 26.3 Å². The van der Waals surface area contributed by atoms with Crippen LogP contribution >= 0.6 is 11.8 Å². The number of aryl methyl sites for hydroxylation is 4. The second kappa shape index (κ2) is 9.41. The minimum Gasteiger partial charge on any atom is -0.466 e. The van der Waals surface area contributed by atoms with Crippen LogP contribution < -0.4 is 0 Å². The monoisotopic (exact) mass is 388 g/mol. The van der Waals surface area contributed by atoms with Crippen molar-refractivity contribution in [2.24, 2.45) is 0 Å². The smallest absolute Gasteiger partial charge is 0.305 e. The number of hydrogen-bond acceptors (Lipinski definition) is 3. The predicted molar refractivity (Wildman–Crippen MR) is 113 cm³/mol. The minimum atomic E-state index is -0.227. The Morgan fingerprint density at radius 1 is 1.07 bits per heavy atom. The van der Waals surface area contributed by atoms with Crippen LogP contribution in [0, 0.1) is 33.5 Å². The number of ether oxygens (including phenoxy) is 1. The van der Waals surface area contributed by atoms with Crippen LogP contribution in [0.4, 0.5) is 4.39 Å². The van der Waals surface area contributed by atoms with Crippen LogP contribution in [0.15, 0.2) is 24.3 Å². The van der Waals surface area contributed by atoms with E-state index in [1.807, 2.05) is 25.3 Å². The average Bonchev–Trinajstić information content (AvgIpc) is 2.58. The minimum absolute atomic E-state index is 0.0842. The van der Waals surface area contributed by atoms with Gasteiger partial charge >= 0.3 is 5.97 Å². The van der Waals surface area contributed by atoms with Crippen LogP contribution in [-0.4, -0.2) is 18.8 Å². The largest absolute Gasteiger partial charge is 0.466 e.